The van der Waals surface area contributed by atoms with Crippen molar-refractivity contribution in [1.82, 2.24) is 0 Å². The van der Waals surface area contributed by atoms with E-state index in [1.54, 1.807) is 0 Å². The van der Waals surface area contributed by atoms with Crippen LogP contribution in [0.15, 0.2) is 0 Å². The molecule has 0 aromatic carbocycles. The fraction of sp³-hybridized carbons (Fsp3) is 1.00. The molecule has 0 aromatic rings. The Morgan fingerprint density at radius 1 is 0.658 bits per heavy atom. The second-order valence-electron chi connectivity index (χ2n) is 8.66. The van der Waals surface area contributed by atoms with Gasteiger partial charge in [-0.2, -0.15) is 65.9 Å². The fourth-order valence-electron chi connectivity index (χ4n) is 2.61. The molecule has 0 bridgehead atoms. The van der Waals surface area contributed by atoms with Crippen molar-refractivity contribution in [3.63, 3.8) is 0 Å². The van der Waals surface area contributed by atoms with Crippen molar-refractivity contribution in [2.24, 2.45) is 11.8 Å². The van der Waals surface area contributed by atoms with E-state index in [-0.39, 0.29) is 11.0 Å². The van der Waals surface area contributed by atoms with Crippen molar-refractivity contribution in [2.75, 3.05) is 40.9 Å². The molecule has 0 radical (unpaired) electrons. The number of nitrogens with zero attached hydrogens (tertiary/aromatic N) is 1. The molecule has 0 rings (SSSR count). The van der Waals surface area contributed by atoms with E-state index in [1.165, 1.54) is 21.1 Å². The lowest BCUT2D eigenvalue weighted by molar-refractivity contribution is -0.870. The summed E-state index contributed by atoms with van der Waals surface area (Å²) in [6.07, 6.45) is -22.5. The van der Waals surface area contributed by atoms with Crippen molar-refractivity contribution < 1.29 is 97.6 Å². The molecule has 0 aliphatic heterocycles. The van der Waals surface area contributed by atoms with Crippen LogP contribution >= 0.6 is 7.82 Å². The first-order valence-corrected chi connectivity index (χ1v) is 10.8. The van der Waals surface area contributed by atoms with Crippen molar-refractivity contribution in [2.45, 2.75) is 42.2 Å². The van der Waals surface area contributed by atoms with Crippen molar-refractivity contribution in [3.8, 4) is 0 Å². The highest BCUT2D eigenvalue weighted by Gasteiger charge is 2.87. The largest absolute Gasteiger partial charge is 0.472 e. The molecule has 5 nitrogen and oxygen atoms in total. The Morgan fingerprint density at radius 3 is 1.32 bits per heavy atom. The zero-order valence-corrected chi connectivity index (χ0v) is 19.7. The van der Waals surface area contributed by atoms with Crippen molar-refractivity contribution >= 4 is 7.82 Å². The first-order valence-electron chi connectivity index (χ1n) is 9.28. The number of quaternary nitrogens is 1. The molecule has 0 aliphatic carbocycles. The first-order chi connectivity index (χ1) is 16.1. The summed E-state index contributed by atoms with van der Waals surface area (Å²) in [6, 6.07) is 0. The number of hydrogen-bond acceptors (Lipinski definition) is 3. The smallest absolute Gasteiger partial charge is 0.329 e. The number of rotatable bonds is 12. The van der Waals surface area contributed by atoms with E-state index in [1.807, 2.05) is 0 Å². The van der Waals surface area contributed by atoms with Crippen LogP contribution in [0.3, 0.4) is 0 Å². The minimum absolute atomic E-state index is 0.0569. The summed E-state index contributed by atoms with van der Waals surface area (Å²) in [5, 5.41) is 0. The minimum atomic E-state index is -8.40. The topological polar surface area (TPSA) is 55.8 Å². The van der Waals surface area contributed by atoms with Crippen LogP contribution in [-0.4, -0.2) is 92.5 Å². The standard InChI is InChI=1S/C15H17F17NO4P/c1-33(2,3)4-5-36-38(34,35)37-6-9(16,17)7(12(22,23)24)10(18,19)15(31,32)11(20,21)8(13(25,26)27)14(28,29)30/h7-8H,4-6H2,1-3H3/p+1. The Morgan fingerprint density at radius 2 is 1.00 bits per heavy atom. The normalized spacial score (nSPS) is 18.1. The minimum Gasteiger partial charge on any atom is -0.329 e. The SMILES string of the molecule is C[N+](C)(C)CCOP(=O)(O)OCC(F)(F)C(C(F)(F)F)C(F)(F)C(F)(F)C(F)(F)C(C(F)(F)F)C(F)(F)F. The Hall–Kier alpha value is -1.12. The summed E-state index contributed by atoms with van der Waals surface area (Å²) in [7, 11) is -1.61. The summed E-state index contributed by atoms with van der Waals surface area (Å²) in [5.74, 6) is -44.5. The van der Waals surface area contributed by atoms with Crippen LogP contribution < -0.4 is 0 Å². The van der Waals surface area contributed by atoms with Gasteiger partial charge in [0, 0.05) is 0 Å². The van der Waals surface area contributed by atoms with E-state index in [2.05, 4.69) is 9.05 Å². The second-order valence-corrected chi connectivity index (χ2v) is 10.1. The van der Waals surface area contributed by atoms with Gasteiger partial charge < -0.3 is 9.38 Å². The zero-order valence-electron chi connectivity index (χ0n) is 18.8. The number of likely N-dealkylation sites (N-methyl/N-ethyl adjacent to an activating group) is 1. The van der Waals surface area contributed by atoms with Crippen LogP contribution in [0.5, 0.6) is 0 Å². The van der Waals surface area contributed by atoms with Crippen molar-refractivity contribution in [1.29, 1.82) is 0 Å². The molecule has 0 amide bonds. The Balaban J connectivity index is 6.50. The lowest BCUT2D eigenvalue weighted by Gasteiger charge is -2.42. The molecule has 0 fully saturated rings. The number of halogens is 17. The molecule has 0 saturated carbocycles. The molecule has 0 aromatic heterocycles. The molecule has 2 atom stereocenters. The summed E-state index contributed by atoms with van der Waals surface area (Å²) >= 11 is 0. The molecule has 0 heterocycles. The van der Waals surface area contributed by atoms with Gasteiger partial charge in [-0.15, -0.1) is 0 Å². The molecule has 0 spiro atoms. The summed E-state index contributed by atoms with van der Waals surface area (Å²) in [4.78, 5) is 9.19. The quantitative estimate of drug-likeness (QED) is 0.157. The first kappa shape index (κ1) is 36.9. The lowest BCUT2D eigenvalue weighted by Crippen LogP contribution is -2.69. The Bertz CT molecular complexity index is 832. The summed E-state index contributed by atoms with van der Waals surface area (Å²) in [6.45, 7) is -4.51. The van der Waals surface area contributed by atoms with E-state index >= 15 is 0 Å². The molecule has 0 saturated heterocycles. The van der Waals surface area contributed by atoms with Crippen LogP contribution in [0, 0.1) is 11.8 Å². The van der Waals surface area contributed by atoms with Gasteiger partial charge in [-0.25, -0.2) is 13.3 Å². The van der Waals surface area contributed by atoms with Gasteiger partial charge in [0.15, 0.2) is 5.92 Å². The highest BCUT2D eigenvalue weighted by Crippen LogP contribution is 2.62. The molecule has 23 heteroatoms. The predicted octanol–water partition coefficient (Wildman–Crippen LogP) is 6.29. The molecule has 1 N–H and O–H groups in total. The van der Waals surface area contributed by atoms with Crippen LogP contribution in [-0.2, 0) is 13.6 Å². The van der Waals surface area contributed by atoms with Gasteiger partial charge in [0.1, 0.15) is 19.8 Å². The Labute approximate surface area is 201 Å². The molecular formula is C15H18F17NO4P+. The fourth-order valence-corrected chi connectivity index (χ4v) is 3.33. The third-order valence-electron chi connectivity index (χ3n) is 4.40. The highest BCUT2D eigenvalue weighted by molar-refractivity contribution is 7.47. The van der Waals surface area contributed by atoms with E-state index in [4.69, 9.17) is 0 Å². The third kappa shape index (κ3) is 8.69. The van der Waals surface area contributed by atoms with E-state index < -0.39 is 75.1 Å². The molecular weight excluding hydrogens is 612 g/mol. The van der Waals surface area contributed by atoms with E-state index in [9.17, 15) is 84.1 Å². The number of hydrogen-bond donors (Lipinski definition) is 1. The van der Waals surface area contributed by atoms with Gasteiger partial charge in [0.05, 0.1) is 21.1 Å². The average Bonchev–Trinajstić information content (AvgIpc) is 2.53. The number of phosphoric acid groups is 1. The zero-order chi connectivity index (χ0) is 31.2. The monoisotopic (exact) mass is 630 g/mol. The molecule has 230 valence electrons. The number of phosphoric ester groups is 1. The maximum absolute atomic E-state index is 14.1. The van der Waals surface area contributed by atoms with Crippen LogP contribution in [0.1, 0.15) is 0 Å². The molecule has 2 unspecified atom stereocenters. The van der Waals surface area contributed by atoms with Gasteiger partial charge >= 0.3 is 44.1 Å². The predicted molar refractivity (Wildman–Crippen MR) is 89.6 cm³/mol. The molecule has 0 aliphatic rings. The highest BCUT2D eigenvalue weighted by atomic mass is 31.2. The van der Waals surface area contributed by atoms with Crippen LogP contribution in [0.25, 0.3) is 0 Å². The Kier molecular flexibility index (Phi) is 10.4. The van der Waals surface area contributed by atoms with Gasteiger partial charge in [-0.1, -0.05) is 0 Å². The van der Waals surface area contributed by atoms with Crippen LogP contribution in [0.4, 0.5) is 74.6 Å². The number of alkyl halides is 17. The van der Waals surface area contributed by atoms with Gasteiger partial charge in [0.25, 0.3) is 5.92 Å². The van der Waals surface area contributed by atoms with E-state index in [0.717, 1.165) is 0 Å². The van der Waals surface area contributed by atoms with Crippen molar-refractivity contribution in [3.05, 3.63) is 0 Å². The van der Waals surface area contributed by atoms with Gasteiger partial charge in [-0.05, 0) is 0 Å². The maximum atomic E-state index is 14.1. The van der Waals surface area contributed by atoms with Gasteiger partial charge in [-0.3, -0.25) is 9.05 Å². The maximum Gasteiger partial charge on any atom is 0.472 e. The lowest BCUT2D eigenvalue weighted by atomic mass is 9.82. The third-order valence-corrected chi connectivity index (χ3v) is 5.37. The van der Waals surface area contributed by atoms with E-state index in [0.29, 0.717) is 0 Å². The average molecular weight is 630 g/mol. The van der Waals surface area contributed by atoms with Gasteiger partial charge in [0.2, 0.25) is 5.92 Å². The summed E-state index contributed by atoms with van der Waals surface area (Å²) < 4.78 is 244. The molecule has 38 heavy (non-hydrogen) atoms. The second kappa shape index (κ2) is 10.7. The summed E-state index contributed by atoms with van der Waals surface area (Å²) in [5.41, 5.74) is 0. The van der Waals surface area contributed by atoms with Crippen LogP contribution in [0.2, 0.25) is 0 Å².